The van der Waals surface area contributed by atoms with Crippen LogP contribution in [0.3, 0.4) is 0 Å². The molecule has 0 spiro atoms. The number of aromatic nitrogens is 2. The zero-order valence-electron chi connectivity index (χ0n) is 12.0. The first kappa shape index (κ1) is 15.4. The third kappa shape index (κ3) is 3.16. The summed E-state index contributed by atoms with van der Waals surface area (Å²) in [5.74, 6) is -0.319. The Hall–Kier alpha value is -2.48. The molecule has 1 aromatic carbocycles. The van der Waals surface area contributed by atoms with Gasteiger partial charge >= 0.3 is 0 Å². The fourth-order valence-electron chi connectivity index (χ4n) is 2.40. The molecule has 0 fully saturated rings. The summed E-state index contributed by atoms with van der Waals surface area (Å²) in [6, 6.07) is 6.64. The zero-order valence-corrected chi connectivity index (χ0v) is 13.6. The van der Waals surface area contributed by atoms with E-state index in [-0.39, 0.29) is 30.7 Å². The summed E-state index contributed by atoms with van der Waals surface area (Å²) >= 11 is 3.29. The number of nitrogens with zero attached hydrogens (tertiary/aromatic N) is 2. The van der Waals surface area contributed by atoms with Crippen molar-refractivity contribution in [2.24, 2.45) is 0 Å². The topological polar surface area (TPSA) is 95.2 Å². The fraction of sp³-hybridized carbons (Fsp3) is 0.200. The molecule has 0 radical (unpaired) electrons. The Morgan fingerprint density at radius 3 is 2.74 bits per heavy atom. The van der Waals surface area contributed by atoms with Crippen molar-refractivity contribution >= 4 is 39.5 Å². The number of anilines is 1. The Balaban J connectivity index is 1.56. The Kier molecular flexibility index (Phi) is 4.24. The van der Waals surface area contributed by atoms with Gasteiger partial charge in [0, 0.05) is 23.5 Å². The molecule has 0 aliphatic carbocycles. The van der Waals surface area contributed by atoms with Crippen molar-refractivity contribution in [1.29, 1.82) is 0 Å². The maximum absolute atomic E-state index is 12.3. The molecule has 23 heavy (non-hydrogen) atoms. The minimum atomic E-state index is -0.319. The van der Waals surface area contributed by atoms with Gasteiger partial charge < -0.3 is 5.32 Å². The maximum atomic E-state index is 12.3. The highest BCUT2D eigenvalue weighted by atomic mass is 79.9. The van der Waals surface area contributed by atoms with Gasteiger partial charge in [-0.15, -0.1) is 0 Å². The highest BCUT2D eigenvalue weighted by molar-refractivity contribution is 9.10. The second kappa shape index (κ2) is 6.33. The van der Waals surface area contributed by atoms with E-state index in [2.05, 4.69) is 31.4 Å². The van der Waals surface area contributed by atoms with E-state index in [1.54, 1.807) is 24.3 Å². The Morgan fingerprint density at radius 2 is 2.00 bits per heavy atom. The van der Waals surface area contributed by atoms with Gasteiger partial charge in [0.05, 0.1) is 17.3 Å². The third-order valence-electron chi connectivity index (χ3n) is 3.49. The molecule has 0 saturated carbocycles. The molecule has 1 aromatic heterocycles. The first-order chi connectivity index (χ1) is 11.1. The van der Waals surface area contributed by atoms with Crippen LogP contribution in [0.15, 0.2) is 34.9 Å². The molecular formula is C15H13BrN4O3. The first-order valence-corrected chi connectivity index (χ1v) is 7.80. The van der Waals surface area contributed by atoms with Gasteiger partial charge in [-0.2, -0.15) is 5.10 Å². The number of hydrogen-bond donors (Lipinski definition) is 2. The average Bonchev–Trinajstić information content (AvgIpc) is 3.10. The second-order valence-corrected chi connectivity index (χ2v) is 5.99. The summed E-state index contributed by atoms with van der Waals surface area (Å²) in [5, 5.41) is 9.00. The van der Waals surface area contributed by atoms with Crippen LogP contribution in [-0.4, -0.2) is 39.4 Å². The van der Waals surface area contributed by atoms with E-state index in [1.807, 2.05) is 0 Å². The molecule has 2 N–H and O–H groups in total. The molecule has 7 nitrogen and oxygen atoms in total. The first-order valence-electron chi connectivity index (χ1n) is 7.01. The van der Waals surface area contributed by atoms with E-state index >= 15 is 0 Å². The van der Waals surface area contributed by atoms with E-state index in [4.69, 9.17) is 0 Å². The normalized spacial score (nSPS) is 13.3. The van der Waals surface area contributed by atoms with Gasteiger partial charge in [-0.05, 0) is 24.6 Å². The fourth-order valence-corrected chi connectivity index (χ4v) is 2.76. The SMILES string of the molecule is O=C(CCCN1C(=O)c2ccc(Br)cc2C1=O)Nc1ccn[nH]1. The molecule has 0 saturated heterocycles. The highest BCUT2D eigenvalue weighted by Crippen LogP contribution is 2.26. The Labute approximate surface area is 140 Å². The van der Waals surface area contributed by atoms with Gasteiger partial charge in [-0.3, -0.25) is 24.4 Å². The molecule has 8 heteroatoms. The lowest BCUT2D eigenvalue weighted by Crippen LogP contribution is -2.31. The number of H-pyrrole nitrogens is 1. The Bertz CT molecular complexity index is 773. The molecule has 0 unspecified atom stereocenters. The average molecular weight is 377 g/mol. The Morgan fingerprint density at radius 1 is 1.22 bits per heavy atom. The van der Waals surface area contributed by atoms with Crippen LogP contribution in [0.25, 0.3) is 0 Å². The zero-order chi connectivity index (χ0) is 16.4. The van der Waals surface area contributed by atoms with Crippen LogP contribution in [-0.2, 0) is 4.79 Å². The number of imide groups is 1. The van der Waals surface area contributed by atoms with Crippen molar-refractivity contribution in [3.63, 3.8) is 0 Å². The van der Waals surface area contributed by atoms with Gasteiger partial charge in [-0.1, -0.05) is 15.9 Å². The summed E-state index contributed by atoms with van der Waals surface area (Å²) in [4.78, 5) is 37.4. The number of halogens is 1. The number of benzene rings is 1. The van der Waals surface area contributed by atoms with Crippen LogP contribution in [0.1, 0.15) is 33.6 Å². The number of nitrogens with one attached hydrogen (secondary N) is 2. The quantitative estimate of drug-likeness (QED) is 0.781. The number of rotatable bonds is 5. The van der Waals surface area contributed by atoms with Crippen LogP contribution in [0, 0.1) is 0 Å². The van der Waals surface area contributed by atoms with Crippen molar-refractivity contribution in [3.8, 4) is 0 Å². The number of aromatic amines is 1. The number of hydrogen-bond acceptors (Lipinski definition) is 4. The third-order valence-corrected chi connectivity index (χ3v) is 3.99. The molecule has 1 aliphatic rings. The maximum Gasteiger partial charge on any atom is 0.261 e. The van der Waals surface area contributed by atoms with Crippen LogP contribution in [0.2, 0.25) is 0 Å². The van der Waals surface area contributed by atoms with Gasteiger partial charge in [0.1, 0.15) is 5.82 Å². The molecule has 1 aliphatic heterocycles. The monoisotopic (exact) mass is 376 g/mol. The van der Waals surface area contributed by atoms with Crippen molar-refractivity contribution in [3.05, 3.63) is 46.1 Å². The lowest BCUT2D eigenvalue weighted by molar-refractivity contribution is -0.116. The summed E-state index contributed by atoms with van der Waals surface area (Å²) in [6.07, 6.45) is 2.13. The van der Waals surface area contributed by atoms with Crippen molar-refractivity contribution in [2.45, 2.75) is 12.8 Å². The van der Waals surface area contributed by atoms with Crippen LogP contribution >= 0.6 is 15.9 Å². The van der Waals surface area contributed by atoms with Gasteiger partial charge in [0.25, 0.3) is 11.8 Å². The van der Waals surface area contributed by atoms with Crippen molar-refractivity contribution in [2.75, 3.05) is 11.9 Å². The summed E-state index contributed by atoms with van der Waals surface area (Å²) < 4.78 is 0.748. The summed E-state index contributed by atoms with van der Waals surface area (Å²) in [5.41, 5.74) is 0.798. The van der Waals surface area contributed by atoms with E-state index in [1.165, 1.54) is 11.1 Å². The predicted octanol–water partition coefficient (Wildman–Crippen LogP) is 2.19. The summed E-state index contributed by atoms with van der Waals surface area (Å²) in [7, 11) is 0. The standard InChI is InChI=1S/C15H13BrN4O3/c16-9-3-4-10-11(8-9)15(23)20(14(10)22)7-1-2-13(21)18-12-5-6-17-19-12/h3-6,8H,1-2,7H2,(H2,17,18,19,21). The molecular weight excluding hydrogens is 364 g/mol. The number of amides is 3. The second-order valence-electron chi connectivity index (χ2n) is 5.07. The summed E-state index contributed by atoms with van der Waals surface area (Å²) in [6.45, 7) is 0.209. The lowest BCUT2D eigenvalue weighted by atomic mass is 10.1. The van der Waals surface area contributed by atoms with E-state index in [0.717, 1.165) is 4.47 Å². The van der Waals surface area contributed by atoms with Crippen molar-refractivity contribution < 1.29 is 14.4 Å². The largest absolute Gasteiger partial charge is 0.311 e. The van der Waals surface area contributed by atoms with E-state index < -0.39 is 0 Å². The molecule has 3 rings (SSSR count). The van der Waals surface area contributed by atoms with Crippen LogP contribution < -0.4 is 5.32 Å². The lowest BCUT2D eigenvalue weighted by Gasteiger charge is -2.13. The molecule has 118 valence electrons. The van der Waals surface area contributed by atoms with E-state index in [9.17, 15) is 14.4 Å². The van der Waals surface area contributed by atoms with Crippen LogP contribution in [0.5, 0.6) is 0 Å². The molecule has 3 amide bonds. The molecule has 0 atom stereocenters. The van der Waals surface area contributed by atoms with Crippen LogP contribution in [0.4, 0.5) is 5.82 Å². The number of carbonyl (C=O) groups excluding carboxylic acids is 3. The highest BCUT2D eigenvalue weighted by Gasteiger charge is 2.35. The number of carbonyl (C=O) groups is 3. The molecule has 2 aromatic rings. The van der Waals surface area contributed by atoms with Crippen molar-refractivity contribution in [1.82, 2.24) is 15.1 Å². The number of fused-ring (bicyclic) bond motifs is 1. The minimum Gasteiger partial charge on any atom is -0.311 e. The van der Waals surface area contributed by atoms with Gasteiger partial charge in [-0.25, -0.2) is 0 Å². The van der Waals surface area contributed by atoms with Gasteiger partial charge in [0.15, 0.2) is 0 Å². The molecule has 0 bridgehead atoms. The minimum absolute atomic E-state index is 0.200. The predicted molar refractivity (Wildman–Crippen MR) is 86.0 cm³/mol. The molecule has 2 heterocycles. The smallest absolute Gasteiger partial charge is 0.261 e. The van der Waals surface area contributed by atoms with E-state index in [0.29, 0.717) is 23.4 Å². The van der Waals surface area contributed by atoms with Gasteiger partial charge in [0.2, 0.25) is 5.91 Å².